The highest BCUT2D eigenvalue weighted by molar-refractivity contribution is 6.30. The summed E-state index contributed by atoms with van der Waals surface area (Å²) in [4.78, 5) is 14.7. The van der Waals surface area contributed by atoms with Crippen LogP contribution in [0.25, 0.3) is 0 Å². The molecule has 1 aromatic rings. The van der Waals surface area contributed by atoms with Gasteiger partial charge in [0.15, 0.2) is 0 Å². The van der Waals surface area contributed by atoms with Crippen LogP contribution in [0.1, 0.15) is 50.5 Å². The molecule has 0 aromatic heterocycles. The van der Waals surface area contributed by atoms with Crippen LogP contribution in [-0.2, 0) is 11.3 Å². The second-order valence-corrected chi connectivity index (χ2v) is 8.28. The van der Waals surface area contributed by atoms with Gasteiger partial charge < -0.3 is 10.2 Å². The molecule has 2 aliphatic rings. The van der Waals surface area contributed by atoms with Gasteiger partial charge in [0.25, 0.3) is 0 Å². The smallest absolute Gasteiger partial charge is 0.220 e. The van der Waals surface area contributed by atoms with Gasteiger partial charge >= 0.3 is 0 Å². The van der Waals surface area contributed by atoms with Crippen LogP contribution in [0.5, 0.6) is 0 Å². The van der Waals surface area contributed by atoms with Crippen LogP contribution >= 0.6 is 11.6 Å². The summed E-state index contributed by atoms with van der Waals surface area (Å²) < 4.78 is 0. The zero-order chi connectivity index (χ0) is 18.2. The Morgan fingerprint density at radius 2 is 2.00 bits per heavy atom. The van der Waals surface area contributed by atoms with Crippen LogP contribution in [0.4, 0.5) is 0 Å². The average Bonchev–Trinajstić information content (AvgIpc) is 2.67. The molecule has 0 saturated carbocycles. The molecule has 1 aromatic carbocycles. The molecule has 26 heavy (non-hydrogen) atoms. The number of nitrogens with one attached hydrogen (secondary N) is 1. The number of nitrogens with zero attached hydrogens (tertiary/aromatic N) is 1. The van der Waals surface area contributed by atoms with Crippen molar-refractivity contribution in [1.29, 1.82) is 0 Å². The molecule has 1 saturated heterocycles. The Bertz CT molecular complexity index is 608. The molecule has 0 radical (unpaired) electrons. The number of halogens is 1. The second-order valence-electron chi connectivity index (χ2n) is 7.84. The average molecular weight is 375 g/mol. The maximum Gasteiger partial charge on any atom is 0.220 e. The van der Waals surface area contributed by atoms with Crippen molar-refractivity contribution in [2.45, 2.75) is 51.5 Å². The fourth-order valence-electron chi connectivity index (χ4n) is 4.12. The van der Waals surface area contributed by atoms with Gasteiger partial charge in [0, 0.05) is 24.5 Å². The maximum atomic E-state index is 12.1. The van der Waals surface area contributed by atoms with E-state index in [-0.39, 0.29) is 5.91 Å². The van der Waals surface area contributed by atoms with E-state index in [4.69, 9.17) is 11.6 Å². The van der Waals surface area contributed by atoms with Crippen LogP contribution < -0.4 is 5.32 Å². The lowest BCUT2D eigenvalue weighted by Crippen LogP contribution is -2.37. The Hall–Kier alpha value is -1.32. The fraction of sp³-hybridized carbons (Fsp3) is 0.591. The molecule has 1 N–H and O–H groups in total. The molecule has 0 spiro atoms. The first-order valence-electron chi connectivity index (χ1n) is 10.1. The number of benzene rings is 1. The highest BCUT2D eigenvalue weighted by Gasteiger charge is 2.22. The quantitative estimate of drug-likeness (QED) is 0.695. The van der Waals surface area contributed by atoms with Crippen LogP contribution in [0.15, 0.2) is 36.4 Å². The van der Waals surface area contributed by atoms with Crippen molar-refractivity contribution in [3.8, 4) is 0 Å². The first kappa shape index (κ1) is 19.4. The lowest BCUT2D eigenvalue weighted by Gasteiger charge is -2.34. The van der Waals surface area contributed by atoms with Gasteiger partial charge in [-0.05, 0) is 81.1 Å². The van der Waals surface area contributed by atoms with Gasteiger partial charge in [0.1, 0.15) is 0 Å². The van der Waals surface area contributed by atoms with Crippen molar-refractivity contribution in [2.24, 2.45) is 11.8 Å². The molecular formula is C22H31ClN2O. The summed E-state index contributed by atoms with van der Waals surface area (Å²) in [6, 6.07) is 7.66. The summed E-state index contributed by atoms with van der Waals surface area (Å²) >= 11 is 5.98. The van der Waals surface area contributed by atoms with Gasteiger partial charge in [-0.1, -0.05) is 35.9 Å². The molecule has 1 amide bonds. The van der Waals surface area contributed by atoms with E-state index in [2.05, 4.69) is 22.4 Å². The number of rotatable bonds is 7. The predicted molar refractivity (Wildman–Crippen MR) is 108 cm³/mol. The molecule has 1 atom stereocenters. The predicted octanol–water partition coefficient (Wildman–Crippen LogP) is 4.80. The number of hydrogen-bond acceptors (Lipinski definition) is 2. The molecule has 142 valence electrons. The van der Waals surface area contributed by atoms with Gasteiger partial charge in [-0.2, -0.15) is 0 Å². The highest BCUT2D eigenvalue weighted by Crippen LogP contribution is 2.25. The van der Waals surface area contributed by atoms with Crippen molar-refractivity contribution in [1.82, 2.24) is 10.2 Å². The molecule has 0 unspecified atom stereocenters. The molecular weight excluding hydrogens is 344 g/mol. The Morgan fingerprint density at radius 3 is 2.73 bits per heavy atom. The summed E-state index contributed by atoms with van der Waals surface area (Å²) in [7, 11) is 0. The minimum atomic E-state index is 0.154. The second kappa shape index (κ2) is 10.1. The molecule has 0 bridgehead atoms. The zero-order valence-corrected chi connectivity index (χ0v) is 16.4. The number of piperidine rings is 1. The zero-order valence-electron chi connectivity index (χ0n) is 15.6. The Balaban J connectivity index is 1.29. The first-order valence-corrected chi connectivity index (χ1v) is 10.5. The van der Waals surface area contributed by atoms with Gasteiger partial charge in [-0.15, -0.1) is 0 Å². The lowest BCUT2D eigenvalue weighted by atomic mass is 9.89. The molecule has 1 aliphatic heterocycles. The summed E-state index contributed by atoms with van der Waals surface area (Å²) in [6.07, 6.45) is 12.7. The van der Waals surface area contributed by atoms with Crippen LogP contribution in [0, 0.1) is 11.8 Å². The minimum absolute atomic E-state index is 0.154. The number of allylic oxidation sites excluding steroid dienone is 2. The van der Waals surface area contributed by atoms with Gasteiger partial charge in [0.05, 0.1) is 0 Å². The third kappa shape index (κ3) is 6.44. The Labute approximate surface area is 162 Å². The van der Waals surface area contributed by atoms with Crippen molar-refractivity contribution >= 4 is 17.5 Å². The van der Waals surface area contributed by atoms with Crippen molar-refractivity contribution in [3.05, 3.63) is 47.0 Å². The third-order valence-electron chi connectivity index (χ3n) is 5.76. The largest absolute Gasteiger partial charge is 0.352 e. The van der Waals surface area contributed by atoms with Gasteiger partial charge in [-0.25, -0.2) is 0 Å². The van der Waals surface area contributed by atoms with E-state index in [0.29, 0.717) is 23.9 Å². The van der Waals surface area contributed by atoms with E-state index in [0.717, 1.165) is 17.9 Å². The molecule has 1 heterocycles. The van der Waals surface area contributed by atoms with Crippen molar-refractivity contribution in [2.75, 3.05) is 19.6 Å². The van der Waals surface area contributed by atoms with Crippen LogP contribution in [-0.4, -0.2) is 30.4 Å². The monoisotopic (exact) mass is 374 g/mol. The molecule has 3 rings (SSSR count). The van der Waals surface area contributed by atoms with Crippen LogP contribution in [0.2, 0.25) is 5.02 Å². The van der Waals surface area contributed by atoms with Crippen LogP contribution in [0.3, 0.4) is 0 Å². The van der Waals surface area contributed by atoms with Crippen molar-refractivity contribution < 1.29 is 4.79 Å². The minimum Gasteiger partial charge on any atom is -0.352 e. The van der Waals surface area contributed by atoms with E-state index in [1.165, 1.54) is 51.7 Å². The van der Waals surface area contributed by atoms with E-state index >= 15 is 0 Å². The standard InChI is InChI=1S/C22H31ClN2O/c23-21-8-4-7-20(15-21)16-24-22(26)10-9-18-11-13-25(14-12-18)17-19-5-2-1-3-6-19/h1-2,4,7-8,15,18-19H,3,5-6,9-14,16-17H2,(H,24,26)/t19-/m1/s1. The molecule has 1 aliphatic carbocycles. The Kier molecular flexibility index (Phi) is 7.57. The molecule has 1 fully saturated rings. The summed E-state index contributed by atoms with van der Waals surface area (Å²) in [5.41, 5.74) is 1.05. The number of likely N-dealkylation sites (tertiary alicyclic amines) is 1. The summed E-state index contributed by atoms with van der Waals surface area (Å²) in [6.45, 7) is 4.23. The van der Waals surface area contributed by atoms with E-state index < -0.39 is 0 Å². The van der Waals surface area contributed by atoms with Gasteiger partial charge in [-0.3, -0.25) is 4.79 Å². The maximum absolute atomic E-state index is 12.1. The Morgan fingerprint density at radius 1 is 1.15 bits per heavy atom. The number of amides is 1. The lowest BCUT2D eigenvalue weighted by molar-refractivity contribution is -0.121. The van der Waals surface area contributed by atoms with Crippen molar-refractivity contribution in [3.63, 3.8) is 0 Å². The molecule has 4 heteroatoms. The first-order chi connectivity index (χ1) is 12.7. The summed E-state index contributed by atoms with van der Waals surface area (Å²) in [5.74, 6) is 1.71. The SMILES string of the molecule is O=C(CCC1CCN(C[C@@H]2CC=CCC2)CC1)NCc1cccc(Cl)c1. The number of carbonyl (C=O) groups is 1. The summed E-state index contributed by atoms with van der Waals surface area (Å²) in [5, 5.41) is 3.73. The number of carbonyl (C=O) groups excluding carboxylic acids is 1. The topological polar surface area (TPSA) is 32.3 Å². The fourth-order valence-corrected chi connectivity index (χ4v) is 4.33. The van der Waals surface area contributed by atoms with Gasteiger partial charge in [0.2, 0.25) is 5.91 Å². The highest BCUT2D eigenvalue weighted by atomic mass is 35.5. The third-order valence-corrected chi connectivity index (χ3v) is 5.99. The number of hydrogen-bond donors (Lipinski definition) is 1. The van der Waals surface area contributed by atoms with E-state index in [1.54, 1.807) is 0 Å². The normalized spacial score (nSPS) is 21.7. The van der Waals surface area contributed by atoms with E-state index in [1.807, 2.05) is 24.3 Å². The van der Waals surface area contributed by atoms with E-state index in [9.17, 15) is 4.79 Å². The molecule has 3 nitrogen and oxygen atoms in total.